The van der Waals surface area contributed by atoms with E-state index >= 15 is 0 Å². The lowest BCUT2D eigenvalue weighted by Gasteiger charge is -2.11. The topological polar surface area (TPSA) is 96.8 Å². The molecule has 0 saturated heterocycles. The van der Waals surface area contributed by atoms with Crippen LogP contribution in [0.25, 0.3) is 0 Å². The van der Waals surface area contributed by atoms with Crippen LogP contribution in [0.5, 0.6) is 0 Å². The van der Waals surface area contributed by atoms with Crippen molar-refractivity contribution < 1.29 is 19.0 Å². The number of amides is 1. The molecule has 0 radical (unpaired) electrons. The molecule has 78 valence electrons. The average molecular weight is 192 g/mol. The number of nitrogens with two attached hydrogens (primary N) is 2. The van der Waals surface area contributed by atoms with Crippen LogP contribution in [0.4, 0.5) is 4.79 Å². The summed E-state index contributed by atoms with van der Waals surface area (Å²) in [6, 6.07) is 0. The molecule has 0 aromatic carbocycles. The molecule has 0 spiro atoms. The molecule has 0 bridgehead atoms. The van der Waals surface area contributed by atoms with Gasteiger partial charge in [-0.3, -0.25) is 0 Å². The van der Waals surface area contributed by atoms with Crippen molar-refractivity contribution in [1.82, 2.24) is 0 Å². The normalized spacial score (nSPS) is 12.5. The van der Waals surface area contributed by atoms with E-state index in [4.69, 9.17) is 20.9 Å². The fourth-order valence-corrected chi connectivity index (χ4v) is 0.656. The molecule has 0 aliphatic rings. The minimum Gasteiger partial charge on any atom is -0.420 e. The number of primary amides is 1. The Morgan fingerprint density at radius 1 is 1.38 bits per heavy atom. The molecule has 0 saturated carbocycles. The molecular weight excluding hydrogens is 176 g/mol. The zero-order valence-electron chi connectivity index (χ0n) is 7.69. The lowest BCUT2D eigenvalue weighted by molar-refractivity contribution is -0.101. The lowest BCUT2D eigenvalue weighted by atomic mass is 10.7. The molecule has 0 heterocycles. The van der Waals surface area contributed by atoms with E-state index in [0.29, 0.717) is 26.4 Å². The number of carbonyl (C=O) groups is 1. The Kier molecular flexibility index (Phi) is 7.27. The standard InChI is InChI=1S/C7H16N2O4/c1-6(13-7(9)10)12-5-4-11-3-2-8/h6H,2-5,8H2,1H3,(H2,9,10). The first-order valence-electron chi connectivity index (χ1n) is 4.02. The fourth-order valence-electron chi connectivity index (χ4n) is 0.656. The highest BCUT2D eigenvalue weighted by Gasteiger charge is 2.04. The zero-order valence-corrected chi connectivity index (χ0v) is 7.69. The largest absolute Gasteiger partial charge is 0.420 e. The molecule has 1 amide bonds. The van der Waals surface area contributed by atoms with Crippen LogP contribution in [0, 0.1) is 0 Å². The van der Waals surface area contributed by atoms with Gasteiger partial charge in [0.25, 0.3) is 0 Å². The molecule has 1 unspecified atom stereocenters. The first kappa shape index (κ1) is 12.2. The third-order valence-corrected chi connectivity index (χ3v) is 1.12. The monoisotopic (exact) mass is 192 g/mol. The van der Waals surface area contributed by atoms with Crippen LogP contribution in [0.15, 0.2) is 0 Å². The van der Waals surface area contributed by atoms with E-state index in [0.717, 1.165) is 0 Å². The zero-order chi connectivity index (χ0) is 10.1. The van der Waals surface area contributed by atoms with Gasteiger partial charge in [-0.25, -0.2) is 4.79 Å². The summed E-state index contributed by atoms with van der Waals surface area (Å²) < 4.78 is 14.5. The Morgan fingerprint density at radius 3 is 2.62 bits per heavy atom. The van der Waals surface area contributed by atoms with Crippen LogP contribution in [0.2, 0.25) is 0 Å². The first-order valence-corrected chi connectivity index (χ1v) is 4.02. The molecule has 0 aromatic rings. The first-order chi connectivity index (χ1) is 6.16. The van der Waals surface area contributed by atoms with E-state index in [1.54, 1.807) is 6.92 Å². The number of ether oxygens (including phenoxy) is 3. The van der Waals surface area contributed by atoms with E-state index in [1.807, 2.05) is 0 Å². The molecule has 4 N–H and O–H groups in total. The smallest absolute Gasteiger partial charge is 0.406 e. The number of carbonyl (C=O) groups excluding carboxylic acids is 1. The Morgan fingerprint density at radius 2 is 2.08 bits per heavy atom. The molecule has 0 fully saturated rings. The highest BCUT2D eigenvalue weighted by Crippen LogP contribution is 1.92. The van der Waals surface area contributed by atoms with Gasteiger partial charge in [-0.1, -0.05) is 0 Å². The second kappa shape index (κ2) is 7.78. The molecule has 0 aliphatic carbocycles. The fraction of sp³-hybridized carbons (Fsp3) is 0.857. The SMILES string of the molecule is CC(OCCOCCN)OC(N)=O. The second-order valence-electron chi connectivity index (χ2n) is 2.28. The van der Waals surface area contributed by atoms with E-state index in [-0.39, 0.29) is 0 Å². The van der Waals surface area contributed by atoms with Crippen LogP contribution in [-0.4, -0.2) is 38.7 Å². The number of rotatable bonds is 7. The van der Waals surface area contributed by atoms with Crippen LogP contribution >= 0.6 is 0 Å². The van der Waals surface area contributed by atoms with Crippen molar-refractivity contribution in [1.29, 1.82) is 0 Å². The van der Waals surface area contributed by atoms with Crippen molar-refractivity contribution >= 4 is 6.09 Å². The minimum atomic E-state index is -0.852. The number of hydrogen-bond donors (Lipinski definition) is 2. The van der Waals surface area contributed by atoms with E-state index in [1.165, 1.54) is 0 Å². The van der Waals surface area contributed by atoms with Crippen LogP contribution in [-0.2, 0) is 14.2 Å². The van der Waals surface area contributed by atoms with Gasteiger partial charge in [0.15, 0.2) is 0 Å². The van der Waals surface area contributed by atoms with Crippen LogP contribution in [0.1, 0.15) is 6.92 Å². The third-order valence-electron chi connectivity index (χ3n) is 1.12. The van der Waals surface area contributed by atoms with E-state index in [2.05, 4.69) is 4.74 Å². The highest BCUT2D eigenvalue weighted by molar-refractivity contribution is 5.64. The average Bonchev–Trinajstić information content (AvgIpc) is 2.02. The van der Waals surface area contributed by atoms with E-state index < -0.39 is 12.4 Å². The van der Waals surface area contributed by atoms with Gasteiger partial charge in [0.05, 0.1) is 19.8 Å². The summed E-state index contributed by atoms with van der Waals surface area (Å²) in [7, 11) is 0. The minimum absolute atomic E-state index is 0.342. The van der Waals surface area contributed by atoms with Gasteiger partial charge in [0.2, 0.25) is 6.29 Å². The highest BCUT2D eigenvalue weighted by atomic mass is 16.7. The van der Waals surface area contributed by atoms with Crippen LogP contribution < -0.4 is 11.5 Å². The predicted octanol–water partition coefficient (Wildman–Crippen LogP) is -0.580. The molecule has 6 nitrogen and oxygen atoms in total. The van der Waals surface area contributed by atoms with Crippen molar-refractivity contribution in [3.05, 3.63) is 0 Å². The summed E-state index contributed by atoms with van der Waals surface area (Å²) in [6.07, 6.45) is -1.49. The third kappa shape index (κ3) is 9.06. The maximum atomic E-state index is 10.2. The summed E-state index contributed by atoms with van der Waals surface area (Å²) >= 11 is 0. The van der Waals surface area contributed by atoms with Gasteiger partial charge < -0.3 is 25.7 Å². The Bertz CT molecular complexity index is 142. The quantitative estimate of drug-likeness (QED) is 0.415. The maximum Gasteiger partial charge on any atom is 0.406 e. The predicted molar refractivity (Wildman–Crippen MR) is 46.0 cm³/mol. The summed E-state index contributed by atoms with van der Waals surface area (Å²) in [5.41, 5.74) is 9.94. The summed E-state index contributed by atoms with van der Waals surface area (Å²) in [4.78, 5) is 10.2. The molecule has 0 aromatic heterocycles. The van der Waals surface area contributed by atoms with Gasteiger partial charge in [0, 0.05) is 6.54 Å². The molecule has 0 rings (SSSR count). The van der Waals surface area contributed by atoms with Crippen molar-refractivity contribution in [2.75, 3.05) is 26.4 Å². The summed E-state index contributed by atoms with van der Waals surface area (Å²) in [6.45, 7) is 3.31. The summed E-state index contributed by atoms with van der Waals surface area (Å²) in [5, 5.41) is 0. The Hall–Kier alpha value is -0.850. The van der Waals surface area contributed by atoms with Crippen molar-refractivity contribution in [2.45, 2.75) is 13.2 Å². The molecule has 13 heavy (non-hydrogen) atoms. The van der Waals surface area contributed by atoms with Crippen molar-refractivity contribution in [2.24, 2.45) is 11.5 Å². The molecular formula is C7H16N2O4. The Balaban J connectivity index is 3.17. The van der Waals surface area contributed by atoms with E-state index in [9.17, 15) is 4.79 Å². The van der Waals surface area contributed by atoms with Crippen molar-refractivity contribution in [3.8, 4) is 0 Å². The summed E-state index contributed by atoms with van der Waals surface area (Å²) in [5.74, 6) is 0. The van der Waals surface area contributed by atoms with Crippen LogP contribution in [0.3, 0.4) is 0 Å². The maximum absolute atomic E-state index is 10.2. The van der Waals surface area contributed by atoms with Gasteiger partial charge in [-0.05, 0) is 6.92 Å². The van der Waals surface area contributed by atoms with Gasteiger partial charge in [0.1, 0.15) is 0 Å². The van der Waals surface area contributed by atoms with Crippen molar-refractivity contribution in [3.63, 3.8) is 0 Å². The van der Waals surface area contributed by atoms with Gasteiger partial charge in [-0.15, -0.1) is 0 Å². The Labute approximate surface area is 77.1 Å². The van der Waals surface area contributed by atoms with Gasteiger partial charge >= 0.3 is 6.09 Å². The lowest BCUT2D eigenvalue weighted by Crippen LogP contribution is -2.24. The second-order valence-corrected chi connectivity index (χ2v) is 2.28. The molecule has 0 aliphatic heterocycles. The number of hydrogen-bond acceptors (Lipinski definition) is 5. The molecule has 1 atom stereocenters. The van der Waals surface area contributed by atoms with Gasteiger partial charge in [-0.2, -0.15) is 0 Å². The molecule has 6 heteroatoms.